The summed E-state index contributed by atoms with van der Waals surface area (Å²) in [5, 5.41) is 3.09. The van der Waals surface area contributed by atoms with Crippen molar-refractivity contribution in [3.63, 3.8) is 0 Å². The van der Waals surface area contributed by atoms with Crippen LogP contribution in [0.25, 0.3) is 0 Å². The minimum absolute atomic E-state index is 0.165. The van der Waals surface area contributed by atoms with Crippen molar-refractivity contribution in [2.45, 2.75) is 13.3 Å². The first-order valence-electron chi connectivity index (χ1n) is 5.64. The molecule has 1 aromatic heterocycles. The van der Waals surface area contributed by atoms with Gasteiger partial charge in [0.2, 0.25) is 11.9 Å². The summed E-state index contributed by atoms with van der Waals surface area (Å²) in [5.41, 5.74) is 5.55. The molecule has 0 unspecified atom stereocenters. The van der Waals surface area contributed by atoms with E-state index >= 15 is 0 Å². The minimum atomic E-state index is 0.165. The zero-order valence-corrected chi connectivity index (χ0v) is 10.6. The van der Waals surface area contributed by atoms with Crippen molar-refractivity contribution in [1.82, 2.24) is 19.9 Å². The van der Waals surface area contributed by atoms with E-state index in [2.05, 4.69) is 25.2 Å². The van der Waals surface area contributed by atoms with E-state index in [4.69, 9.17) is 10.5 Å². The Labute approximate surface area is 101 Å². The molecule has 3 N–H and O–H groups in total. The van der Waals surface area contributed by atoms with Gasteiger partial charge in [-0.25, -0.2) is 0 Å². The SMILES string of the molecule is CCOc1nc(N)nc(NCCCN(C)C)n1. The molecular weight excluding hydrogens is 220 g/mol. The van der Waals surface area contributed by atoms with Crippen LogP contribution in [0.4, 0.5) is 11.9 Å². The van der Waals surface area contributed by atoms with Gasteiger partial charge in [0.05, 0.1) is 6.61 Å². The molecule has 1 heterocycles. The molecule has 96 valence electrons. The Bertz CT molecular complexity index is 344. The summed E-state index contributed by atoms with van der Waals surface area (Å²) in [4.78, 5) is 14.1. The van der Waals surface area contributed by atoms with E-state index in [1.165, 1.54) is 0 Å². The third-order valence-electron chi connectivity index (χ3n) is 1.97. The van der Waals surface area contributed by atoms with Crippen molar-refractivity contribution in [2.75, 3.05) is 44.8 Å². The van der Waals surface area contributed by atoms with E-state index in [9.17, 15) is 0 Å². The topological polar surface area (TPSA) is 89.2 Å². The lowest BCUT2D eigenvalue weighted by Gasteiger charge is -2.10. The van der Waals surface area contributed by atoms with Gasteiger partial charge in [-0.05, 0) is 34.0 Å². The first-order chi connectivity index (χ1) is 8.11. The Morgan fingerprint density at radius 3 is 2.71 bits per heavy atom. The summed E-state index contributed by atoms with van der Waals surface area (Å²) in [6.45, 7) is 4.16. The van der Waals surface area contributed by atoms with Gasteiger partial charge in [-0.1, -0.05) is 0 Å². The van der Waals surface area contributed by atoms with Gasteiger partial charge in [0.15, 0.2) is 0 Å². The Morgan fingerprint density at radius 1 is 1.29 bits per heavy atom. The van der Waals surface area contributed by atoms with Crippen molar-refractivity contribution in [2.24, 2.45) is 0 Å². The molecule has 7 nitrogen and oxygen atoms in total. The number of nitrogen functional groups attached to an aromatic ring is 1. The molecule has 0 aliphatic carbocycles. The van der Waals surface area contributed by atoms with Gasteiger partial charge in [-0.2, -0.15) is 15.0 Å². The Morgan fingerprint density at radius 2 is 2.06 bits per heavy atom. The second kappa shape index (κ2) is 6.85. The molecule has 0 saturated heterocycles. The summed E-state index contributed by atoms with van der Waals surface area (Å²) in [7, 11) is 4.07. The molecule has 0 saturated carbocycles. The van der Waals surface area contributed by atoms with Gasteiger partial charge in [0.25, 0.3) is 0 Å². The van der Waals surface area contributed by atoms with Crippen LogP contribution < -0.4 is 15.8 Å². The number of hydrogen-bond donors (Lipinski definition) is 2. The molecule has 0 fully saturated rings. The summed E-state index contributed by atoms with van der Waals surface area (Å²) >= 11 is 0. The zero-order chi connectivity index (χ0) is 12.7. The van der Waals surface area contributed by atoms with Crippen LogP contribution in [-0.4, -0.2) is 53.6 Å². The third kappa shape index (κ3) is 5.30. The highest BCUT2D eigenvalue weighted by atomic mass is 16.5. The molecule has 0 bridgehead atoms. The summed E-state index contributed by atoms with van der Waals surface area (Å²) in [6, 6.07) is 0.259. The van der Waals surface area contributed by atoms with Crippen molar-refractivity contribution in [1.29, 1.82) is 0 Å². The van der Waals surface area contributed by atoms with Crippen molar-refractivity contribution in [3.05, 3.63) is 0 Å². The molecule has 17 heavy (non-hydrogen) atoms. The predicted molar refractivity (Wildman–Crippen MR) is 67.1 cm³/mol. The average Bonchev–Trinajstić information content (AvgIpc) is 2.24. The normalized spacial score (nSPS) is 10.6. The number of anilines is 2. The van der Waals surface area contributed by atoms with E-state index in [0.29, 0.717) is 12.6 Å². The van der Waals surface area contributed by atoms with Gasteiger partial charge < -0.3 is 20.7 Å². The fraction of sp³-hybridized carbons (Fsp3) is 0.700. The highest BCUT2D eigenvalue weighted by Gasteiger charge is 2.04. The lowest BCUT2D eigenvalue weighted by Crippen LogP contribution is -2.17. The monoisotopic (exact) mass is 240 g/mol. The fourth-order valence-electron chi connectivity index (χ4n) is 1.24. The molecule has 0 amide bonds. The third-order valence-corrected chi connectivity index (χ3v) is 1.97. The van der Waals surface area contributed by atoms with Gasteiger partial charge in [-0.3, -0.25) is 0 Å². The smallest absolute Gasteiger partial charge is 0.323 e. The summed E-state index contributed by atoms with van der Waals surface area (Å²) < 4.78 is 5.18. The maximum Gasteiger partial charge on any atom is 0.323 e. The number of nitrogens with two attached hydrogens (primary N) is 1. The van der Waals surface area contributed by atoms with Crippen LogP contribution in [0.1, 0.15) is 13.3 Å². The van der Waals surface area contributed by atoms with E-state index < -0.39 is 0 Å². The van der Waals surface area contributed by atoms with Crippen LogP contribution in [-0.2, 0) is 0 Å². The van der Waals surface area contributed by atoms with Gasteiger partial charge in [-0.15, -0.1) is 0 Å². The molecule has 0 aliphatic rings. The maximum atomic E-state index is 5.55. The zero-order valence-electron chi connectivity index (χ0n) is 10.6. The summed E-state index contributed by atoms with van der Waals surface area (Å²) in [5.74, 6) is 0.623. The minimum Gasteiger partial charge on any atom is -0.464 e. The van der Waals surface area contributed by atoms with Crippen LogP contribution in [0.3, 0.4) is 0 Å². The summed E-state index contributed by atoms with van der Waals surface area (Å²) in [6.07, 6.45) is 1.00. The van der Waals surface area contributed by atoms with E-state index in [-0.39, 0.29) is 12.0 Å². The highest BCUT2D eigenvalue weighted by molar-refractivity contribution is 5.32. The van der Waals surface area contributed by atoms with Gasteiger partial charge in [0.1, 0.15) is 0 Å². The lowest BCUT2D eigenvalue weighted by molar-refractivity contribution is 0.312. The molecule has 0 spiro atoms. The first-order valence-corrected chi connectivity index (χ1v) is 5.64. The number of hydrogen-bond acceptors (Lipinski definition) is 7. The average molecular weight is 240 g/mol. The molecule has 7 heteroatoms. The molecular formula is C10H20N6O. The molecule has 0 radical (unpaired) electrons. The van der Waals surface area contributed by atoms with Crippen molar-refractivity contribution < 1.29 is 4.74 Å². The predicted octanol–water partition coefficient (Wildman–Crippen LogP) is 0.216. The molecule has 0 aliphatic heterocycles. The van der Waals surface area contributed by atoms with Crippen LogP contribution >= 0.6 is 0 Å². The van der Waals surface area contributed by atoms with Crippen molar-refractivity contribution in [3.8, 4) is 6.01 Å². The van der Waals surface area contributed by atoms with Crippen LogP contribution in [0.2, 0.25) is 0 Å². The second-order valence-electron chi connectivity index (χ2n) is 3.82. The Hall–Kier alpha value is -1.63. The molecule has 1 rings (SSSR count). The molecule has 1 aromatic rings. The maximum absolute atomic E-state index is 5.55. The second-order valence-corrected chi connectivity index (χ2v) is 3.82. The number of aromatic nitrogens is 3. The van der Waals surface area contributed by atoms with Gasteiger partial charge >= 0.3 is 6.01 Å². The fourth-order valence-corrected chi connectivity index (χ4v) is 1.24. The number of rotatable bonds is 7. The lowest BCUT2D eigenvalue weighted by atomic mass is 10.4. The largest absolute Gasteiger partial charge is 0.464 e. The van der Waals surface area contributed by atoms with E-state index in [1.54, 1.807) is 0 Å². The first kappa shape index (κ1) is 13.4. The highest BCUT2D eigenvalue weighted by Crippen LogP contribution is 2.08. The number of nitrogens with zero attached hydrogens (tertiary/aromatic N) is 4. The number of nitrogens with one attached hydrogen (secondary N) is 1. The van der Waals surface area contributed by atoms with Crippen LogP contribution in [0.5, 0.6) is 6.01 Å². The quantitative estimate of drug-likeness (QED) is 0.659. The van der Waals surface area contributed by atoms with Crippen LogP contribution in [0.15, 0.2) is 0 Å². The Balaban J connectivity index is 2.46. The van der Waals surface area contributed by atoms with E-state index in [0.717, 1.165) is 19.5 Å². The Kier molecular flexibility index (Phi) is 5.41. The van der Waals surface area contributed by atoms with Gasteiger partial charge in [0, 0.05) is 6.54 Å². The standard InChI is InChI=1S/C10H20N6O/c1-4-17-10-14-8(11)13-9(15-10)12-6-5-7-16(2)3/h4-7H2,1-3H3,(H3,11,12,13,14,15). The van der Waals surface area contributed by atoms with Crippen molar-refractivity contribution >= 4 is 11.9 Å². The van der Waals surface area contributed by atoms with Crippen LogP contribution in [0, 0.1) is 0 Å². The van der Waals surface area contributed by atoms with E-state index in [1.807, 2.05) is 21.0 Å². The molecule has 0 atom stereocenters. The number of ether oxygens (including phenoxy) is 1. The molecule has 0 aromatic carbocycles.